The number of aromatic nitrogens is 5. The van der Waals surface area contributed by atoms with Gasteiger partial charge in [0.25, 0.3) is 0 Å². The first-order valence-corrected chi connectivity index (χ1v) is 8.99. The number of ether oxygens (including phenoxy) is 1. The van der Waals surface area contributed by atoms with Gasteiger partial charge in [0.15, 0.2) is 5.65 Å². The average Bonchev–Trinajstić information content (AvgIpc) is 3.20. The van der Waals surface area contributed by atoms with Gasteiger partial charge in [0.1, 0.15) is 17.6 Å². The molecule has 0 aliphatic carbocycles. The zero-order chi connectivity index (χ0) is 19.1. The highest BCUT2D eigenvalue weighted by molar-refractivity contribution is 5.98. The summed E-state index contributed by atoms with van der Waals surface area (Å²) >= 11 is 0. The number of nitrogens with zero attached hydrogens (tertiary/aromatic N) is 6. The largest absolute Gasteiger partial charge is 0.461 e. The Morgan fingerprint density at radius 2 is 2.14 bits per heavy atom. The predicted molar refractivity (Wildman–Crippen MR) is 101 cm³/mol. The van der Waals surface area contributed by atoms with Crippen molar-refractivity contribution in [3.63, 3.8) is 0 Å². The van der Waals surface area contributed by atoms with Crippen molar-refractivity contribution in [3.8, 4) is 5.75 Å². The second-order valence-corrected chi connectivity index (χ2v) is 6.74. The Morgan fingerprint density at radius 1 is 1.21 bits per heavy atom. The summed E-state index contributed by atoms with van der Waals surface area (Å²) in [4.78, 5) is 15.6. The Hall–Kier alpha value is -3.33. The Bertz CT molecular complexity index is 1180. The summed E-state index contributed by atoms with van der Waals surface area (Å²) in [6.07, 6.45) is 4.21. The minimum atomic E-state index is -0.942. The highest BCUT2D eigenvalue weighted by Crippen LogP contribution is 2.32. The van der Waals surface area contributed by atoms with Gasteiger partial charge < -0.3 is 10.5 Å². The van der Waals surface area contributed by atoms with E-state index in [2.05, 4.69) is 31.0 Å². The average molecular weight is 379 g/mol. The summed E-state index contributed by atoms with van der Waals surface area (Å²) in [6, 6.07) is 7.76. The molecule has 9 heteroatoms. The van der Waals surface area contributed by atoms with Crippen molar-refractivity contribution >= 4 is 22.5 Å². The van der Waals surface area contributed by atoms with E-state index < -0.39 is 6.86 Å². The van der Waals surface area contributed by atoms with Crippen molar-refractivity contribution in [3.05, 3.63) is 53.6 Å². The number of rotatable bonds is 4. The lowest BCUT2D eigenvalue weighted by molar-refractivity contribution is 0.193. The van der Waals surface area contributed by atoms with Gasteiger partial charge in [-0.2, -0.15) is 9.61 Å². The molecule has 2 N–H and O–H groups in total. The van der Waals surface area contributed by atoms with E-state index in [0.717, 1.165) is 36.2 Å². The Kier molecular flexibility index (Phi) is 4.01. The summed E-state index contributed by atoms with van der Waals surface area (Å²) in [5.41, 5.74) is 10.5. The third-order valence-corrected chi connectivity index (χ3v) is 5.10. The second-order valence-electron chi connectivity index (χ2n) is 6.74. The van der Waals surface area contributed by atoms with Gasteiger partial charge in [0.2, 0.25) is 12.8 Å². The molecule has 1 aromatic carbocycles. The number of hydrogen-bond donors (Lipinski definition) is 1. The van der Waals surface area contributed by atoms with Gasteiger partial charge in [-0.25, -0.2) is 14.4 Å². The molecule has 4 aromatic rings. The van der Waals surface area contributed by atoms with E-state index in [4.69, 9.17) is 10.5 Å². The van der Waals surface area contributed by atoms with Crippen LogP contribution >= 0.6 is 0 Å². The fraction of sp³-hybridized carbons (Fsp3) is 0.263. The Morgan fingerprint density at radius 3 is 3.04 bits per heavy atom. The SMILES string of the molecule is Nc1nc2c(OCF)ccc(CN3CCc4cccnc4C3)c2c2ncnn12. The summed E-state index contributed by atoms with van der Waals surface area (Å²) in [7, 11) is 0. The molecule has 0 radical (unpaired) electrons. The fourth-order valence-corrected chi connectivity index (χ4v) is 3.81. The maximum Gasteiger partial charge on any atom is 0.228 e. The molecule has 8 nitrogen and oxygen atoms in total. The van der Waals surface area contributed by atoms with Crippen LogP contribution in [-0.2, 0) is 19.5 Å². The van der Waals surface area contributed by atoms with Crippen molar-refractivity contribution in [1.82, 2.24) is 29.5 Å². The molecule has 0 atom stereocenters. The van der Waals surface area contributed by atoms with Crippen LogP contribution in [0.1, 0.15) is 16.8 Å². The number of alkyl halides is 1. The molecule has 1 aliphatic heterocycles. The smallest absolute Gasteiger partial charge is 0.228 e. The van der Waals surface area contributed by atoms with Gasteiger partial charge in [0, 0.05) is 25.8 Å². The summed E-state index contributed by atoms with van der Waals surface area (Å²) in [5, 5.41) is 4.91. The van der Waals surface area contributed by atoms with Crippen LogP contribution in [-0.4, -0.2) is 42.9 Å². The second kappa shape index (κ2) is 6.68. The number of benzene rings is 1. The van der Waals surface area contributed by atoms with Gasteiger partial charge >= 0.3 is 0 Å². The van der Waals surface area contributed by atoms with Crippen molar-refractivity contribution < 1.29 is 9.13 Å². The molecule has 0 saturated carbocycles. The van der Waals surface area contributed by atoms with Gasteiger partial charge in [-0.3, -0.25) is 9.88 Å². The number of pyridine rings is 1. The lowest BCUT2D eigenvalue weighted by Gasteiger charge is -2.28. The van der Waals surface area contributed by atoms with E-state index in [1.807, 2.05) is 18.3 Å². The first-order chi connectivity index (χ1) is 13.7. The van der Waals surface area contributed by atoms with E-state index in [-0.39, 0.29) is 5.95 Å². The maximum atomic E-state index is 12.8. The van der Waals surface area contributed by atoms with Gasteiger partial charge in [-0.1, -0.05) is 12.1 Å². The fourth-order valence-electron chi connectivity index (χ4n) is 3.81. The number of hydrogen-bond acceptors (Lipinski definition) is 7. The van der Waals surface area contributed by atoms with Crippen LogP contribution in [0.25, 0.3) is 16.6 Å². The number of anilines is 1. The Balaban J connectivity index is 1.60. The van der Waals surface area contributed by atoms with Crippen LogP contribution in [0.3, 0.4) is 0 Å². The minimum Gasteiger partial charge on any atom is -0.461 e. The van der Waals surface area contributed by atoms with Crippen LogP contribution in [0.15, 0.2) is 36.8 Å². The molecule has 0 spiro atoms. The van der Waals surface area contributed by atoms with Gasteiger partial charge in [0.05, 0.1) is 11.1 Å². The molecule has 3 aromatic heterocycles. The summed E-state index contributed by atoms with van der Waals surface area (Å²) in [6.45, 7) is 1.43. The predicted octanol–water partition coefficient (Wildman–Crippen LogP) is 2.12. The molecular weight excluding hydrogens is 361 g/mol. The number of nitrogens with two attached hydrogens (primary N) is 1. The quantitative estimate of drug-likeness (QED) is 0.580. The molecule has 4 heterocycles. The molecule has 0 bridgehead atoms. The topological polar surface area (TPSA) is 94.5 Å². The Labute approximate surface area is 159 Å². The molecule has 0 fully saturated rings. The van der Waals surface area contributed by atoms with Crippen molar-refractivity contribution in [1.29, 1.82) is 0 Å². The van der Waals surface area contributed by atoms with E-state index >= 15 is 0 Å². The van der Waals surface area contributed by atoms with Crippen LogP contribution in [0.4, 0.5) is 10.3 Å². The van der Waals surface area contributed by atoms with Crippen molar-refractivity contribution in [2.45, 2.75) is 19.5 Å². The van der Waals surface area contributed by atoms with Crippen LogP contribution in [0.2, 0.25) is 0 Å². The number of nitrogen functional groups attached to an aromatic ring is 1. The first-order valence-electron chi connectivity index (χ1n) is 8.99. The lowest BCUT2D eigenvalue weighted by atomic mass is 10.0. The number of fused-ring (bicyclic) bond motifs is 4. The zero-order valence-corrected chi connectivity index (χ0v) is 15.0. The highest BCUT2D eigenvalue weighted by Gasteiger charge is 2.21. The van der Waals surface area contributed by atoms with Crippen molar-refractivity contribution in [2.24, 2.45) is 0 Å². The molecule has 0 saturated heterocycles. The standard InChI is InChI=1S/C19H18FN7O/c20-10-28-15-4-3-13(8-26-7-5-12-2-1-6-22-14(12)9-26)16-17(15)25-19(21)27-18(16)23-11-24-27/h1-4,6,11H,5,7-10H2,(H2,21,25). The van der Waals surface area contributed by atoms with Crippen molar-refractivity contribution in [2.75, 3.05) is 19.1 Å². The molecule has 142 valence electrons. The third kappa shape index (κ3) is 2.71. The summed E-state index contributed by atoms with van der Waals surface area (Å²) < 4.78 is 19.5. The molecule has 1 aliphatic rings. The van der Waals surface area contributed by atoms with Crippen LogP contribution < -0.4 is 10.5 Å². The van der Waals surface area contributed by atoms with E-state index in [9.17, 15) is 4.39 Å². The van der Waals surface area contributed by atoms with E-state index in [1.54, 1.807) is 6.07 Å². The zero-order valence-electron chi connectivity index (χ0n) is 15.0. The molecule has 0 unspecified atom stereocenters. The van der Waals surface area contributed by atoms with E-state index in [1.165, 1.54) is 16.4 Å². The maximum absolute atomic E-state index is 12.8. The van der Waals surface area contributed by atoms with Gasteiger partial charge in [-0.15, -0.1) is 0 Å². The first kappa shape index (κ1) is 16.8. The molecular formula is C19H18FN7O. The molecule has 5 rings (SSSR count). The summed E-state index contributed by atoms with van der Waals surface area (Å²) in [5.74, 6) is 0.515. The molecule has 28 heavy (non-hydrogen) atoms. The minimum absolute atomic E-state index is 0.178. The lowest BCUT2D eigenvalue weighted by Crippen LogP contribution is -2.30. The van der Waals surface area contributed by atoms with Crippen LogP contribution in [0, 0.1) is 0 Å². The highest BCUT2D eigenvalue weighted by atomic mass is 19.1. The van der Waals surface area contributed by atoms with E-state index in [0.29, 0.717) is 23.5 Å². The molecule has 0 amide bonds. The van der Waals surface area contributed by atoms with Gasteiger partial charge in [-0.05, 0) is 29.7 Å². The normalized spacial score (nSPS) is 14.5. The third-order valence-electron chi connectivity index (χ3n) is 5.10. The van der Waals surface area contributed by atoms with Crippen LogP contribution in [0.5, 0.6) is 5.75 Å². The monoisotopic (exact) mass is 379 g/mol. The number of halogens is 1.